The number of rotatable bonds is 3. The third kappa shape index (κ3) is 1.72. The molecule has 0 aliphatic carbocycles. The summed E-state index contributed by atoms with van der Waals surface area (Å²) < 4.78 is 28.7. The molecule has 16 heavy (non-hydrogen) atoms. The van der Waals surface area contributed by atoms with Crippen LogP contribution in [0, 0.1) is 0 Å². The maximum atomic E-state index is 11.8. The zero-order valence-electron chi connectivity index (χ0n) is 9.15. The first-order chi connectivity index (χ1) is 7.58. The van der Waals surface area contributed by atoms with Crippen molar-refractivity contribution in [3.8, 4) is 5.75 Å². The number of benzene rings is 1. The van der Waals surface area contributed by atoms with Crippen molar-refractivity contribution in [2.75, 3.05) is 20.7 Å². The summed E-state index contributed by atoms with van der Waals surface area (Å²) in [5, 5.41) is 4.27. The number of fused-ring (bicyclic) bond motifs is 1. The predicted octanol–water partition coefficient (Wildman–Crippen LogP) is 1.04. The normalized spacial score (nSPS) is 16.8. The minimum absolute atomic E-state index is 0.360. The lowest BCUT2D eigenvalue weighted by atomic mass is 10.1. The van der Waals surface area contributed by atoms with E-state index >= 15 is 0 Å². The van der Waals surface area contributed by atoms with Gasteiger partial charge >= 0.3 is 0 Å². The molecule has 1 aliphatic heterocycles. The van der Waals surface area contributed by atoms with Crippen LogP contribution in [0.2, 0.25) is 0 Å². The predicted molar refractivity (Wildman–Crippen MR) is 62.1 cm³/mol. The molecule has 1 N–H and O–H groups in total. The van der Waals surface area contributed by atoms with E-state index in [1.807, 2.05) is 0 Å². The van der Waals surface area contributed by atoms with Crippen LogP contribution in [0.3, 0.4) is 0 Å². The quantitative estimate of drug-likeness (QED) is 0.856. The van der Waals surface area contributed by atoms with Gasteiger partial charge in [-0.1, -0.05) is 0 Å². The Kier molecular flexibility index (Phi) is 2.73. The van der Waals surface area contributed by atoms with E-state index in [0.29, 0.717) is 17.2 Å². The molecule has 0 radical (unpaired) electrons. The molecule has 0 spiro atoms. The Balaban J connectivity index is 2.58. The molecule has 1 aromatic rings. The molecule has 0 aromatic heterocycles. The van der Waals surface area contributed by atoms with Crippen LogP contribution in [0.5, 0.6) is 5.75 Å². The van der Waals surface area contributed by atoms with E-state index in [2.05, 4.69) is 5.32 Å². The number of ether oxygens (including phenoxy) is 1. The van der Waals surface area contributed by atoms with Gasteiger partial charge in [0.05, 0.1) is 12.0 Å². The van der Waals surface area contributed by atoms with E-state index in [-0.39, 0.29) is 0 Å². The van der Waals surface area contributed by atoms with Crippen molar-refractivity contribution in [1.29, 1.82) is 0 Å². The molecule has 0 bridgehead atoms. The number of hydrogen-bond donors (Lipinski definition) is 1. The molecule has 1 aromatic carbocycles. The smallest absolute Gasteiger partial charge is 0.200 e. The number of methoxy groups -OCH3 is 1. The van der Waals surface area contributed by atoms with Gasteiger partial charge in [0.1, 0.15) is 5.75 Å². The molecule has 5 heteroatoms. The summed E-state index contributed by atoms with van der Waals surface area (Å²) in [5.74, 6) is 0.665. The van der Waals surface area contributed by atoms with Crippen molar-refractivity contribution in [2.24, 2.45) is 0 Å². The molecule has 1 heterocycles. The van der Waals surface area contributed by atoms with Crippen LogP contribution in [0.25, 0.3) is 5.57 Å². The highest BCUT2D eigenvalue weighted by atomic mass is 32.2. The van der Waals surface area contributed by atoms with Crippen LogP contribution in [0.15, 0.2) is 28.5 Å². The van der Waals surface area contributed by atoms with Crippen molar-refractivity contribution >= 4 is 15.4 Å². The standard InChI is InChI=1S/C11H13NO3S/c1-12-6-8-7-16(13,14)11-4-3-9(15-2)5-10(8)11/h3-5,7,12H,6H2,1-2H3. The molecule has 0 saturated carbocycles. The second-order valence-electron chi connectivity index (χ2n) is 3.58. The van der Waals surface area contributed by atoms with Crippen molar-refractivity contribution < 1.29 is 13.2 Å². The van der Waals surface area contributed by atoms with E-state index in [4.69, 9.17) is 4.74 Å². The van der Waals surface area contributed by atoms with Gasteiger partial charge in [-0.3, -0.25) is 0 Å². The summed E-state index contributed by atoms with van der Waals surface area (Å²) in [6.45, 7) is 0.527. The molecule has 86 valence electrons. The first-order valence-electron chi connectivity index (χ1n) is 4.87. The minimum Gasteiger partial charge on any atom is -0.497 e. The van der Waals surface area contributed by atoms with Gasteiger partial charge in [0.2, 0.25) is 9.84 Å². The summed E-state index contributed by atoms with van der Waals surface area (Å²) in [4.78, 5) is 0.360. The highest BCUT2D eigenvalue weighted by Crippen LogP contribution is 2.35. The number of sulfone groups is 1. The lowest BCUT2D eigenvalue weighted by molar-refractivity contribution is 0.414. The number of likely N-dealkylation sites (N-methyl/N-ethyl adjacent to an activating group) is 1. The van der Waals surface area contributed by atoms with Gasteiger partial charge in [0.25, 0.3) is 0 Å². The lowest BCUT2D eigenvalue weighted by Gasteiger charge is -2.06. The molecule has 0 saturated heterocycles. The molecule has 0 amide bonds. The van der Waals surface area contributed by atoms with E-state index in [1.165, 1.54) is 5.41 Å². The largest absolute Gasteiger partial charge is 0.497 e. The van der Waals surface area contributed by atoms with Gasteiger partial charge in [-0.05, 0) is 30.8 Å². The van der Waals surface area contributed by atoms with E-state index in [0.717, 1.165) is 11.1 Å². The Labute approximate surface area is 94.8 Å². The highest BCUT2D eigenvalue weighted by Gasteiger charge is 2.26. The Bertz CT molecular complexity index is 546. The van der Waals surface area contributed by atoms with E-state index in [1.54, 1.807) is 32.4 Å². The lowest BCUT2D eigenvalue weighted by Crippen LogP contribution is -2.08. The van der Waals surface area contributed by atoms with Gasteiger partial charge < -0.3 is 10.1 Å². The van der Waals surface area contributed by atoms with Crippen LogP contribution in [0.4, 0.5) is 0 Å². The Morgan fingerprint density at radius 3 is 2.75 bits per heavy atom. The Morgan fingerprint density at radius 1 is 1.38 bits per heavy atom. The average molecular weight is 239 g/mol. The van der Waals surface area contributed by atoms with Gasteiger partial charge in [0, 0.05) is 17.5 Å². The van der Waals surface area contributed by atoms with E-state index in [9.17, 15) is 8.42 Å². The second kappa shape index (κ2) is 3.92. The van der Waals surface area contributed by atoms with Gasteiger partial charge in [-0.25, -0.2) is 8.42 Å². The fourth-order valence-corrected chi connectivity index (χ4v) is 3.24. The molecular weight excluding hydrogens is 226 g/mol. The van der Waals surface area contributed by atoms with Gasteiger partial charge in [-0.2, -0.15) is 0 Å². The zero-order chi connectivity index (χ0) is 11.8. The Hall–Kier alpha value is -1.33. The SMILES string of the molecule is CNCC1=CS(=O)(=O)c2ccc(OC)cc21. The zero-order valence-corrected chi connectivity index (χ0v) is 9.97. The van der Waals surface area contributed by atoms with Crippen LogP contribution >= 0.6 is 0 Å². The molecule has 4 nitrogen and oxygen atoms in total. The maximum absolute atomic E-state index is 11.8. The summed E-state index contributed by atoms with van der Waals surface area (Å²) in [7, 11) is 0.0860. The topological polar surface area (TPSA) is 55.4 Å². The summed E-state index contributed by atoms with van der Waals surface area (Å²) >= 11 is 0. The second-order valence-corrected chi connectivity index (χ2v) is 5.35. The molecule has 0 fully saturated rings. The molecule has 0 atom stereocenters. The van der Waals surface area contributed by atoms with E-state index < -0.39 is 9.84 Å². The average Bonchev–Trinajstić information content (AvgIpc) is 2.51. The maximum Gasteiger partial charge on any atom is 0.200 e. The number of hydrogen-bond acceptors (Lipinski definition) is 4. The van der Waals surface area contributed by atoms with Crippen molar-refractivity contribution in [1.82, 2.24) is 5.32 Å². The molecule has 1 aliphatic rings. The summed E-state index contributed by atoms with van der Waals surface area (Å²) in [6.07, 6.45) is 0. The number of nitrogens with one attached hydrogen (secondary N) is 1. The van der Waals surface area contributed by atoms with Crippen molar-refractivity contribution in [2.45, 2.75) is 4.90 Å². The minimum atomic E-state index is -3.26. The third-order valence-electron chi connectivity index (χ3n) is 2.50. The van der Waals surface area contributed by atoms with Crippen LogP contribution in [-0.4, -0.2) is 29.1 Å². The van der Waals surface area contributed by atoms with Crippen molar-refractivity contribution in [3.05, 3.63) is 29.2 Å². The summed E-state index contributed by atoms with van der Waals surface area (Å²) in [6, 6.07) is 5.00. The van der Waals surface area contributed by atoms with Crippen LogP contribution < -0.4 is 10.1 Å². The van der Waals surface area contributed by atoms with Crippen LogP contribution in [-0.2, 0) is 9.84 Å². The fraction of sp³-hybridized carbons (Fsp3) is 0.273. The molecular formula is C11H13NO3S. The Morgan fingerprint density at radius 2 is 2.12 bits per heavy atom. The first kappa shape index (κ1) is 11.2. The monoisotopic (exact) mass is 239 g/mol. The van der Waals surface area contributed by atoms with Crippen molar-refractivity contribution in [3.63, 3.8) is 0 Å². The molecule has 2 rings (SSSR count). The van der Waals surface area contributed by atoms with Crippen LogP contribution in [0.1, 0.15) is 5.56 Å². The first-order valence-corrected chi connectivity index (χ1v) is 6.42. The van der Waals surface area contributed by atoms with Gasteiger partial charge in [-0.15, -0.1) is 0 Å². The van der Waals surface area contributed by atoms with Gasteiger partial charge in [0.15, 0.2) is 0 Å². The third-order valence-corrected chi connectivity index (χ3v) is 4.07. The fourth-order valence-electron chi connectivity index (χ4n) is 1.78. The summed E-state index contributed by atoms with van der Waals surface area (Å²) in [5.41, 5.74) is 1.50. The molecule has 0 unspecified atom stereocenters. The highest BCUT2D eigenvalue weighted by molar-refractivity contribution is 7.95.